The Labute approximate surface area is 117 Å². The molecule has 0 unspecified atom stereocenters. The van der Waals surface area contributed by atoms with Gasteiger partial charge in [0, 0.05) is 6.07 Å². The Kier molecular flexibility index (Phi) is 6.07. The average Bonchev–Trinajstić information content (AvgIpc) is 2.28. The van der Waals surface area contributed by atoms with Gasteiger partial charge < -0.3 is 15.6 Å². The van der Waals surface area contributed by atoms with Crippen molar-refractivity contribution in [1.29, 1.82) is 0 Å². The van der Waals surface area contributed by atoms with Crippen LogP contribution in [0.5, 0.6) is 11.5 Å². The molecular weight excluding hydrogens is 296 g/mol. The van der Waals surface area contributed by atoms with Crippen molar-refractivity contribution in [3.63, 3.8) is 0 Å². The zero-order chi connectivity index (χ0) is 13.9. The number of nitrogens with one attached hydrogen (secondary N) is 1. The fraction of sp³-hybridized carbons (Fsp3) is 0.300. The van der Waals surface area contributed by atoms with Crippen molar-refractivity contribution in [2.24, 2.45) is 5.73 Å². The molecule has 1 aromatic carbocycles. The molecule has 0 atom stereocenters. The first-order chi connectivity index (χ1) is 8.28. The predicted molar refractivity (Wildman–Crippen MR) is 73.8 cm³/mol. The molecule has 1 aromatic rings. The van der Waals surface area contributed by atoms with Crippen LogP contribution in [-0.2, 0) is 10.0 Å². The van der Waals surface area contributed by atoms with Gasteiger partial charge in [-0.25, -0.2) is 8.42 Å². The monoisotopic (exact) mass is 310 g/mol. The van der Waals surface area contributed by atoms with Gasteiger partial charge in [-0.1, -0.05) is 0 Å². The number of hydrogen-bond donors (Lipinski definition) is 3. The van der Waals surface area contributed by atoms with E-state index in [1.165, 1.54) is 13.2 Å². The van der Waals surface area contributed by atoms with Gasteiger partial charge in [-0.3, -0.25) is 9.52 Å². The van der Waals surface area contributed by atoms with Gasteiger partial charge in [0.2, 0.25) is 10.0 Å². The van der Waals surface area contributed by atoms with Gasteiger partial charge >= 0.3 is 0 Å². The largest absolute Gasteiger partial charge is 0.506 e. The van der Waals surface area contributed by atoms with Crippen LogP contribution < -0.4 is 15.2 Å². The molecule has 0 aliphatic rings. The highest BCUT2D eigenvalue weighted by atomic mass is 35.5. The number of sulfonamides is 1. The minimum Gasteiger partial charge on any atom is -0.506 e. The number of ether oxygens (including phenoxy) is 1. The van der Waals surface area contributed by atoms with Crippen LogP contribution in [0.1, 0.15) is 10.4 Å². The molecule has 4 N–H and O–H groups in total. The van der Waals surface area contributed by atoms with Crippen molar-refractivity contribution < 1.29 is 23.1 Å². The molecule has 0 saturated carbocycles. The topological polar surface area (TPSA) is 119 Å². The quantitative estimate of drug-likeness (QED) is 0.533. The molecule has 0 radical (unpaired) electrons. The van der Waals surface area contributed by atoms with Crippen LogP contribution in [0.2, 0.25) is 0 Å². The molecule has 0 bridgehead atoms. The lowest BCUT2D eigenvalue weighted by atomic mass is 10.1. The van der Waals surface area contributed by atoms with Crippen LogP contribution in [-0.4, -0.2) is 39.2 Å². The summed E-state index contributed by atoms with van der Waals surface area (Å²) < 4.78 is 29.2. The molecule has 0 spiro atoms. The lowest BCUT2D eigenvalue weighted by Gasteiger charge is -2.12. The number of ketones is 1. The number of halogens is 1. The van der Waals surface area contributed by atoms with E-state index in [2.05, 4.69) is 4.72 Å². The SMILES string of the molecule is COc1cc(NS(C)(=O)=O)c(O)cc1C(=O)CN.Cl. The van der Waals surface area contributed by atoms with Crippen molar-refractivity contribution >= 4 is 33.9 Å². The Hall–Kier alpha value is -1.51. The first-order valence-corrected chi connectivity index (χ1v) is 6.79. The fourth-order valence-electron chi connectivity index (χ4n) is 1.35. The summed E-state index contributed by atoms with van der Waals surface area (Å²) in [6.45, 7) is -0.241. The molecule has 0 aliphatic heterocycles. The Bertz CT molecular complexity index is 574. The van der Waals surface area contributed by atoms with Crippen LogP contribution in [0.25, 0.3) is 0 Å². The van der Waals surface area contributed by atoms with E-state index in [-0.39, 0.29) is 41.7 Å². The Morgan fingerprint density at radius 3 is 2.47 bits per heavy atom. The van der Waals surface area contributed by atoms with Crippen LogP contribution in [0.15, 0.2) is 12.1 Å². The van der Waals surface area contributed by atoms with E-state index >= 15 is 0 Å². The molecule has 108 valence electrons. The maximum atomic E-state index is 11.5. The number of phenolic OH excluding ortho intramolecular Hbond substituents is 1. The number of methoxy groups -OCH3 is 1. The molecular formula is C10H15ClN2O5S. The molecule has 0 fully saturated rings. The van der Waals surface area contributed by atoms with Crippen LogP contribution in [0.3, 0.4) is 0 Å². The summed E-state index contributed by atoms with van der Waals surface area (Å²) in [4.78, 5) is 11.5. The third-order valence-corrected chi connectivity index (χ3v) is 2.69. The number of carbonyl (C=O) groups excluding carboxylic acids is 1. The van der Waals surface area contributed by atoms with Crippen molar-refractivity contribution in [3.05, 3.63) is 17.7 Å². The number of hydrogen-bond acceptors (Lipinski definition) is 6. The zero-order valence-corrected chi connectivity index (χ0v) is 12.0. The van der Waals surface area contributed by atoms with E-state index in [1.807, 2.05) is 0 Å². The van der Waals surface area contributed by atoms with Gasteiger partial charge in [0.15, 0.2) is 5.78 Å². The number of carbonyl (C=O) groups is 1. The smallest absolute Gasteiger partial charge is 0.229 e. The average molecular weight is 311 g/mol. The van der Waals surface area contributed by atoms with E-state index in [9.17, 15) is 18.3 Å². The molecule has 0 saturated heterocycles. The van der Waals surface area contributed by atoms with E-state index in [4.69, 9.17) is 10.5 Å². The Balaban J connectivity index is 0.00000324. The summed E-state index contributed by atoms with van der Waals surface area (Å²) in [6, 6.07) is 2.33. The molecule has 9 heteroatoms. The van der Waals surface area contributed by atoms with Gasteiger partial charge in [0.05, 0.1) is 31.2 Å². The summed E-state index contributed by atoms with van der Waals surface area (Å²) >= 11 is 0. The lowest BCUT2D eigenvalue weighted by molar-refractivity contribution is 0.0998. The van der Waals surface area contributed by atoms with Gasteiger partial charge in [-0.2, -0.15) is 0 Å². The summed E-state index contributed by atoms with van der Waals surface area (Å²) in [5, 5.41) is 9.64. The molecule has 19 heavy (non-hydrogen) atoms. The van der Waals surface area contributed by atoms with Gasteiger partial charge in [-0.05, 0) is 6.07 Å². The van der Waals surface area contributed by atoms with Crippen LogP contribution in [0.4, 0.5) is 5.69 Å². The maximum absolute atomic E-state index is 11.5. The molecule has 0 amide bonds. The summed E-state index contributed by atoms with van der Waals surface area (Å²) in [5.74, 6) is -0.666. The Morgan fingerprint density at radius 2 is 2.05 bits per heavy atom. The molecule has 0 aliphatic carbocycles. The van der Waals surface area contributed by atoms with E-state index in [1.54, 1.807) is 0 Å². The molecule has 0 aromatic heterocycles. The second-order valence-corrected chi connectivity index (χ2v) is 5.32. The van der Waals surface area contributed by atoms with Crippen molar-refractivity contribution in [1.82, 2.24) is 0 Å². The highest BCUT2D eigenvalue weighted by Gasteiger charge is 2.16. The second kappa shape index (κ2) is 6.60. The first kappa shape index (κ1) is 17.5. The minimum atomic E-state index is -3.54. The first-order valence-electron chi connectivity index (χ1n) is 4.90. The van der Waals surface area contributed by atoms with Crippen molar-refractivity contribution in [3.8, 4) is 11.5 Å². The number of phenols is 1. The third kappa shape index (κ3) is 4.58. The van der Waals surface area contributed by atoms with Crippen molar-refractivity contribution in [2.75, 3.05) is 24.6 Å². The predicted octanol–water partition coefficient (Wildman–Crippen LogP) is 0.336. The number of Topliss-reactive ketones (excluding diaryl/α,β-unsaturated/α-hetero) is 1. The summed E-state index contributed by atoms with van der Waals surface area (Å²) in [6.07, 6.45) is 0.942. The molecule has 1 rings (SSSR count). The number of benzene rings is 1. The van der Waals surface area contributed by atoms with Crippen LogP contribution >= 0.6 is 12.4 Å². The fourth-order valence-corrected chi connectivity index (χ4v) is 1.91. The zero-order valence-electron chi connectivity index (χ0n) is 10.3. The van der Waals surface area contributed by atoms with Gasteiger partial charge in [-0.15, -0.1) is 12.4 Å². The lowest BCUT2D eigenvalue weighted by Crippen LogP contribution is -2.15. The van der Waals surface area contributed by atoms with E-state index in [0.29, 0.717) is 0 Å². The van der Waals surface area contributed by atoms with E-state index < -0.39 is 15.8 Å². The van der Waals surface area contributed by atoms with Gasteiger partial charge in [0.25, 0.3) is 0 Å². The standard InChI is InChI=1S/C10H14N2O5S.ClH/c1-17-10-4-7(12-18(2,15)16)8(13)3-6(10)9(14)5-11;/h3-4,12-13H,5,11H2,1-2H3;1H. The maximum Gasteiger partial charge on any atom is 0.229 e. The minimum absolute atomic E-state index is 0. The second-order valence-electron chi connectivity index (χ2n) is 3.57. The number of rotatable bonds is 5. The highest BCUT2D eigenvalue weighted by molar-refractivity contribution is 7.92. The van der Waals surface area contributed by atoms with E-state index in [0.717, 1.165) is 12.3 Å². The number of nitrogens with two attached hydrogens (primary N) is 1. The van der Waals surface area contributed by atoms with Crippen molar-refractivity contribution in [2.45, 2.75) is 0 Å². The third-order valence-electron chi connectivity index (χ3n) is 2.10. The normalized spacial score (nSPS) is 10.5. The molecule has 0 heterocycles. The van der Waals surface area contributed by atoms with Gasteiger partial charge in [0.1, 0.15) is 11.5 Å². The summed E-state index contributed by atoms with van der Waals surface area (Å²) in [5.41, 5.74) is 5.25. The molecule has 7 nitrogen and oxygen atoms in total. The van der Waals surface area contributed by atoms with Crippen LogP contribution in [0, 0.1) is 0 Å². The number of anilines is 1. The highest BCUT2D eigenvalue weighted by Crippen LogP contribution is 2.32. The summed E-state index contributed by atoms with van der Waals surface area (Å²) in [7, 11) is -2.22. The number of aromatic hydroxyl groups is 1. The Morgan fingerprint density at radius 1 is 1.47 bits per heavy atom.